The predicted molar refractivity (Wildman–Crippen MR) is 68.4 cm³/mol. The minimum Gasteiger partial charge on any atom is -0.435 e. The molecular formula is C14H20F2O3. The molecule has 0 radical (unpaired) electrons. The summed E-state index contributed by atoms with van der Waals surface area (Å²) in [5.41, 5.74) is 0.383. The van der Waals surface area contributed by atoms with Crippen molar-refractivity contribution in [3.63, 3.8) is 0 Å². The number of hydrogen-bond acceptors (Lipinski definition) is 3. The molecule has 0 aliphatic carbocycles. The minimum atomic E-state index is -2.83. The second kappa shape index (κ2) is 6.82. The summed E-state index contributed by atoms with van der Waals surface area (Å²) in [7, 11) is 1.63. The molecule has 0 spiro atoms. The predicted octanol–water partition coefficient (Wildman–Crippen LogP) is 3.53. The van der Waals surface area contributed by atoms with Crippen LogP contribution in [0.3, 0.4) is 0 Å². The van der Waals surface area contributed by atoms with Crippen LogP contribution in [0.1, 0.15) is 38.4 Å². The van der Waals surface area contributed by atoms with E-state index in [0.29, 0.717) is 18.4 Å². The Labute approximate surface area is 112 Å². The Kier molecular flexibility index (Phi) is 5.69. The van der Waals surface area contributed by atoms with E-state index in [9.17, 15) is 13.9 Å². The number of alkyl halides is 2. The Hall–Kier alpha value is -1.20. The second-order valence-corrected chi connectivity index (χ2v) is 4.97. The lowest BCUT2D eigenvalue weighted by Crippen LogP contribution is -2.23. The molecule has 0 aliphatic rings. The lowest BCUT2D eigenvalue weighted by atomic mass is 9.97. The molecule has 0 aliphatic heterocycles. The number of rotatable bonds is 7. The zero-order valence-electron chi connectivity index (χ0n) is 11.4. The van der Waals surface area contributed by atoms with Crippen LogP contribution < -0.4 is 4.74 Å². The van der Waals surface area contributed by atoms with E-state index in [-0.39, 0.29) is 11.4 Å². The molecule has 5 heteroatoms. The normalized spacial score (nSPS) is 13.6. The third-order valence-electron chi connectivity index (χ3n) is 3.06. The van der Waals surface area contributed by atoms with Gasteiger partial charge in [-0.05, 0) is 44.4 Å². The summed E-state index contributed by atoms with van der Waals surface area (Å²) >= 11 is 0. The lowest BCUT2D eigenvalue weighted by molar-refractivity contribution is -0.0498. The summed E-state index contributed by atoms with van der Waals surface area (Å²) in [6, 6.07) is 6.02. The van der Waals surface area contributed by atoms with Gasteiger partial charge in [-0.2, -0.15) is 8.78 Å². The van der Waals surface area contributed by atoms with Gasteiger partial charge in [-0.25, -0.2) is 0 Å². The van der Waals surface area contributed by atoms with Crippen molar-refractivity contribution in [2.75, 3.05) is 7.11 Å². The van der Waals surface area contributed by atoms with E-state index in [1.165, 1.54) is 12.1 Å². The van der Waals surface area contributed by atoms with Crippen LogP contribution in [0.15, 0.2) is 24.3 Å². The zero-order valence-corrected chi connectivity index (χ0v) is 11.4. The van der Waals surface area contributed by atoms with E-state index in [0.717, 1.165) is 0 Å². The smallest absolute Gasteiger partial charge is 0.387 e. The molecule has 0 heterocycles. The molecule has 3 nitrogen and oxygen atoms in total. The zero-order chi connectivity index (χ0) is 14.5. The molecule has 0 amide bonds. The average Bonchev–Trinajstić information content (AvgIpc) is 2.36. The van der Waals surface area contributed by atoms with Crippen LogP contribution in [0.2, 0.25) is 0 Å². The van der Waals surface area contributed by atoms with Crippen LogP contribution in [-0.4, -0.2) is 24.4 Å². The van der Waals surface area contributed by atoms with Crippen molar-refractivity contribution in [3.05, 3.63) is 29.8 Å². The number of aliphatic hydroxyl groups excluding tert-OH is 1. The Bertz CT molecular complexity index is 377. The van der Waals surface area contributed by atoms with Crippen molar-refractivity contribution in [1.82, 2.24) is 0 Å². The first-order valence-corrected chi connectivity index (χ1v) is 6.12. The van der Waals surface area contributed by atoms with E-state index in [2.05, 4.69) is 4.74 Å². The summed E-state index contributed by atoms with van der Waals surface area (Å²) < 4.78 is 33.5. The van der Waals surface area contributed by atoms with Crippen LogP contribution in [0.25, 0.3) is 0 Å². The topological polar surface area (TPSA) is 38.7 Å². The highest BCUT2D eigenvalue weighted by atomic mass is 19.3. The first kappa shape index (κ1) is 15.9. The van der Waals surface area contributed by atoms with Crippen molar-refractivity contribution < 1.29 is 23.4 Å². The third kappa shape index (κ3) is 5.53. The van der Waals surface area contributed by atoms with E-state index < -0.39 is 12.7 Å². The van der Waals surface area contributed by atoms with E-state index in [1.54, 1.807) is 19.2 Å². The van der Waals surface area contributed by atoms with Gasteiger partial charge >= 0.3 is 6.61 Å². The SMILES string of the molecule is COC(C)(C)CCC(O)c1ccc(OC(F)F)cc1. The quantitative estimate of drug-likeness (QED) is 0.826. The van der Waals surface area contributed by atoms with Crippen molar-refractivity contribution in [1.29, 1.82) is 0 Å². The number of benzene rings is 1. The first-order chi connectivity index (χ1) is 8.84. The van der Waals surface area contributed by atoms with Crippen molar-refractivity contribution in [3.8, 4) is 5.75 Å². The molecule has 19 heavy (non-hydrogen) atoms. The van der Waals surface area contributed by atoms with E-state index in [4.69, 9.17) is 4.74 Å². The molecule has 1 aromatic carbocycles. The number of methoxy groups -OCH3 is 1. The van der Waals surface area contributed by atoms with Gasteiger partial charge in [0, 0.05) is 7.11 Å². The van der Waals surface area contributed by atoms with Gasteiger partial charge < -0.3 is 14.6 Å². The van der Waals surface area contributed by atoms with Gasteiger partial charge in [0.1, 0.15) is 5.75 Å². The van der Waals surface area contributed by atoms with Gasteiger partial charge in [-0.1, -0.05) is 12.1 Å². The standard InChI is InChI=1S/C14H20F2O3/c1-14(2,18-3)9-8-12(17)10-4-6-11(7-5-10)19-13(15)16/h4-7,12-13,17H,8-9H2,1-3H3. The number of halogens is 2. The highest BCUT2D eigenvalue weighted by Gasteiger charge is 2.19. The lowest BCUT2D eigenvalue weighted by Gasteiger charge is -2.24. The molecule has 1 rings (SSSR count). The molecule has 1 aromatic rings. The summed E-state index contributed by atoms with van der Waals surface area (Å²) in [5.74, 6) is 0.0863. The Balaban J connectivity index is 2.55. The van der Waals surface area contributed by atoms with Crippen LogP contribution >= 0.6 is 0 Å². The molecule has 0 aromatic heterocycles. The van der Waals surface area contributed by atoms with Gasteiger partial charge in [-0.15, -0.1) is 0 Å². The highest BCUT2D eigenvalue weighted by Crippen LogP contribution is 2.26. The molecule has 1 atom stereocenters. The van der Waals surface area contributed by atoms with Gasteiger partial charge in [0.05, 0.1) is 11.7 Å². The van der Waals surface area contributed by atoms with Gasteiger partial charge in [-0.3, -0.25) is 0 Å². The maximum absolute atomic E-state index is 12.0. The van der Waals surface area contributed by atoms with Crippen LogP contribution in [0, 0.1) is 0 Å². The van der Waals surface area contributed by atoms with Gasteiger partial charge in [0.25, 0.3) is 0 Å². The molecule has 1 N–H and O–H groups in total. The Morgan fingerprint density at radius 3 is 2.26 bits per heavy atom. The van der Waals surface area contributed by atoms with Gasteiger partial charge in [0.15, 0.2) is 0 Å². The van der Waals surface area contributed by atoms with Crippen LogP contribution in [0.4, 0.5) is 8.78 Å². The molecule has 1 unspecified atom stereocenters. The van der Waals surface area contributed by atoms with E-state index >= 15 is 0 Å². The minimum absolute atomic E-state index is 0.0863. The molecule has 0 bridgehead atoms. The van der Waals surface area contributed by atoms with E-state index in [1.807, 2.05) is 13.8 Å². The summed E-state index contributed by atoms with van der Waals surface area (Å²) in [5, 5.41) is 10.0. The molecule has 0 fully saturated rings. The number of hydrogen-bond donors (Lipinski definition) is 1. The molecule has 0 saturated heterocycles. The Morgan fingerprint density at radius 2 is 1.79 bits per heavy atom. The van der Waals surface area contributed by atoms with Crippen molar-refractivity contribution >= 4 is 0 Å². The summed E-state index contributed by atoms with van der Waals surface area (Å²) in [4.78, 5) is 0. The van der Waals surface area contributed by atoms with Crippen molar-refractivity contribution in [2.24, 2.45) is 0 Å². The maximum atomic E-state index is 12.0. The molecule has 0 saturated carbocycles. The molecular weight excluding hydrogens is 254 g/mol. The fourth-order valence-electron chi connectivity index (χ4n) is 1.62. The monoisotopic (exact) mass is 274 g/mol. The van der Waals surface area contributed by atoms with Gasteiger partial charge in [0.2, 0.25) is 0 Å². The highest BCUT2D eigenvalue weighted by molar-refractivity contribution is 5.28. The molecule has 108 valence electrons. The number of aliphatic hydroxyl groups is 1. The first-order valence-electron chi connectivity index (χ1n) is 6.12. The van der Waals surface area contributed by atoms with Crippen molar-refractivity contribution in [2.45, 2.75) is 45.0 Å². The van der Waals surface area contributed by atoms with Crippen LogP contribution in [-0.2, 0) is 4.74 Å². The van der Waals surface area contributed by atoms with Crippen LogP contribution in [0.5, 0.6) is 5.75 Å². The fraction of sp³-hybridized carbons (Fsp3) is 0.571. The Morgan fingerprint density at radius 1 is 1.21 bits per heavy atom. The maximum Gasteiger partial charge on any atom is 0.387 e. The summed E-state index contributed by atoms with van der Waals surface area (Å²) in [6.07, 6.45) is 0.588. The fourth-order valence-corrected chi connectivity index (χ4v) is 1.62. The summed E-state index contributed by atoms with van der Waals surface area (Å²) in [6.45, 7) is 1.05. The largest absolute Gasteiger partial charge is 0.435 e. The average molecular weight is 274 g/mol. The second-order valence-electron chi connectivity index (χ2n) is 4.97. The third-order valence-corrected chi connectivity index (χ3v) is 3.06. The number of ether oxygens (including phenoxy) is 2.